The van der Waals surface area contributed by atoms with Crippen LogP contribution in [0.25, 0.3) is 0 Å². The third-order valence-corrected chi connectivity index (χ3v) is 3.36. The van der Waals surface area contributed by atoms with Crippen molar-refractivity contribution in [3.63, 3.8) is 0 Å². The highest BCUT2D eigenvalue weighted by molar-refractivity contribution is 5.90. The van der Waals surface area contributed by atoms with Crippen LogP contribution in [0.15, 0.2) is 24.3 Å². The van der Waals surface area contributed by atoms with Crippen LogP contribution in [0.3, 0.4) is 0 Å². The molecule has 1 aromatic carbocycles. The Hall–Kier alpha value is -2.04. The number of amides is 1. The van der Waals surface area contributed by atoms with E-state index in [1.807, 2.05) is 24.3 Å². The number of nitrogens with zero attached hydrogens (tertiary/aromatic N) is 1. The van der Waals surface area contributed by atoms with Gasteiger partial charge in [-0.15, -0.1) is 0 Å². The fraction of sp³-hybridized carbons (Fsp3) is 0.385. The summed E-state index contributed by atoms with van der Waals surface area (Å²) < 4.78 is 0. The Labute approximate surface area is 105 Å². The van der Waals surface area contributed by atoms with E-state index in [1.54, 1.807) is 0 Å². The Morgan fingerprint density at radius 1 is 1.44 bits per heavy atom. The molecule has 0 fully saturated rings. The molecule has 0 bridgehead atoms. The van der Waals surface area contributed by atoms with Gasteiger partial charge in [0.05, 0.1) is 0 Å². The molecule has 1 unspecified atom stereocenters. The van der Waals surface area contributed by atoms with Gasteiger partial charge in [-0.3, -0.25) is 4.79 Å². The number of aliphatic carboxylic acids is 1. The molecule has 1 amide bonds. The summed E-state index contributed by atoms with van der Waals surface area (Å²) in [5.74, 6) is -1.19. The number of fused-ring (bicyclic) bond motifs is 1. The lowest BCUT2D eigenvalue weighted by Gasteiger charge is -2.24. The van der Waals surface area contributed by atoms with E-state index in [1.165, 1.54) is 18.9 Å². The number of carboxylic acid groups (broad SMARTS) is 1. The predicted octanol–water partition coefficient (Wildman–Crippen LogP) is 0.955. The lowest BCUT2D eigenvalue weighted by Crippen LogP contribution is -2.47. The number of hydrogen-bond donors (Lipinski definition) is 2. The molecule has 1 aliphatic heterocycles. The van der Waals surface area contributed by atoms with Crippen molar-refractivity contribution >= 4 is 17.6 Å². The summed E-state index contributed by atoms with van der Waals surface area (Å²) >= 11 is 0. The first kappa shape index (κ1) is 12.4. The Balaban J connectivity index is 2.07. The van der Waals surface area contributed by atoms with Gasteiger partial charge in [0.1, 0.15) is 12.1 Å². The van der Waals surface area contributed by atoms with Crippen LogP contribution in [0.4, 0.5) is 5.69 Å². The van der Waals surface area contributed by atoms with Crippen LogP contribution in [-0.2, 0) is 16.0 Å². The highest BCUT2D eigenvalue weighted by Crippen LogP contribution is 2.26. The van der Waals surface area contributed by atoms with E-state index in [9.17, 15) is 9.59 Å². The second-order valence-electron chi connectivity index (χ2n) is 4.52. The van der Waals surface area contributed by atoms with Crippen LogP contribution in [0.1, 0.15) is 12.5 Å². The minimum atomic E-state index is -0.999. The molecular weight excluding hydrogens is 232 g/mol. The summed E-state index contributed by atoms with van der Waals surface area (Å²) in [5, 5.41) is 12.0. The average Bonchev–Trinajstić information content (AvgIpc) is 2.79. The van der Waals surface area contributed by atoms with E-state index in [4.69, 9.17) is 5.11 Å². The molecule has 0 saturated carbocycles. The molecule has 1 heterocycles. The normalized spacial score (nSPS) is 18.7. The first-order valence-corrected chi connectivity index (χ1v) is 5.84. The van der Waals surface area contributed by atoms with Gasteiger partial charge < -0.3 is 15.3 Å². The van der Waals surface area contributed by atoms with Gasteiger partial charge in [0, 0.05) is 19.2 Å². The zero-order chi connectivity index (χ0) is 13.3. The summed E-state index contributed by atoms with van der Waals surface area (Å²) in [7, 11) is 1.52. The Morgan fingerprint density at radius 3 is 2.72 bits per heavy atom. The zero-order valence-electron chi connectivity index (χ0n) is 10.4. The van der Waals surface area contributed by atoms with E-state index in [0.717, 1.165) is 11.3 Å². The maximum atomic E-state index is 12.2. The molecule has 0 aliphatic carbocycles. The van der Waals surface area contributed by atoms with Crippen LogP contribution < -0.4 is 5.32 Å². The summed E-state index contributed by atoms with van der Waals surface area (Å²) in [6.45, 7) is 1.50. The lowest BCUT2D eigenvalue weighted by atomic mass is 10.1. The quantitative estimate of drug-likeness (QED) is 0.835. The number of carboxylic acids is 1. The largest absolute Gasteiger partial charge is 0.480 e. The van der Waals surface area contributed by atoms with E-state index >= 15 is 0 Å². The van der Waals surface area contributed by atoms with Crippen LogP contribution in [0.2, 0.25) is 0 Å². The number of likely N-dealkylation sites (N-methyl/N-ethyl adjacent to an activating group) is 1. The molecule has 18 heavy (non-hydrogen) atoms. The van der Waals surface area contributed by atoms with Crippen LogP contribution in [0, 0.1) is 0 Å². The monoisotopic (exact) mass is 248 g/mol. The molecule has 1 aliphatic rings. The number of anilines is 1. The van der Waals surface area contributed by atoms with E-state index in [0.29, 0.717) is 6.42 Å². The summed E-state index contributed by atoms with van der Waals surface area (Å²) in [4.78, 5) is 24.3. The summed E-state index contributed by atoms with van der Waals surface area (Å²) in [6.07, 6.45) is 0.603. The highest BCUT2D eigenvalue weighted by Gasteiger charge is 2.32. The third kappa shape index (κ3) is 2.16. The Kier molecular flexibility index (Phi) is 3.23. The second-order valence-corrected chi connectivity index (χ2v) is 4.52. The Bertz CT molecular complexity index is 462. The lowest BCUT2D eigenvalue weighted by molar-refractivity contribution is -0.148. The first-order valence-electron chi connectivity index (χ1n) is 5.84. The molecule has 0 aromatic heterocycles. The molecule has 1 aromatic rings. The number of para-hydroxylation sites is 1. The molecule has 0 radical (unpaired) electrons. The van der Waals surface area contributed by atoms with E-state index in [-0.39, 0.29) is 11.9 Å². The molecule has 2 N–H and O–H groups in total. The van der Waals surface area contributed by atoms with Crippen molar-refractivity contribution in [3.05, 3.63) is 29.8 Å². The van der Waals surface area contributed by atoms with Crippen molar-refractivity contribution in [1.82, 2.24) is 4.90 Å². The maximum absolute atomic E-state index is 12.2. The minimum absolute atomic E-state index is 0.193. The van der Waals surface area contributed by atoms with Gasteiger partial charge in [0.2, 0.25) is 5.91 Å². The smallest absolute Gasteiger partial charge is 0.326 e. The van der Waals surface area contributed by atoms with Crippen molar-refractivity contribution in [2.24, 2.45) is 0 Å². The fourth-order valence-electron chi connectivity index (χ4n) is 2.05. The van der Waals surface area contributed by atoms with Crippen molar-refractivity contribution in [1.29, 1.82) is 0 Å². The first-order chi connectivity index (χ1) is 8.50. The summed E-state index contributed by atoms with van der Waals surface area (Å²) in [5.41, 5.74) is 2.04. The van der Waals surface area contributed by atoms with Crippen LogP contribution >= 0.6 is 0 Å². The van der Waals surface area contributed by atoms with Gasteiger partial charge in [0.15, 0.2) is 0 Å². The van der Waals surface area contributed by atoms with Gasteiger partial charge >= 0.3 is 5.97 Å². The number of carbonyl (C=O) groups excluding carboxylic acids is 1. The molecule has 96 valence electrons. The maximum Gasteiger partial charge on any atom is 0.326 e. The molecule has 0 spiro atoms. The predicted molar refractivity (Wildman–Crippen MR) is 67.4 cm³/mol. The standard InChI is InChI=1S/C13H16N2O3/c1-8(13(17)18)15(2)12(16)11-7-9-5-3-4-6-10(9)14-11/h3-6,8,11,14H,7H2,1-2H3,(H,17,18)/t8?,11-/m0/s1. The van der Waals surface area contributed by atoms with E-state index < -0.39 is 12.0 Å². The van der Waals surface area contributed by atoms with Crippen molar-refractivity contribution < 1.29 is 14.7 Å². The molecule has 2 rings (SSSR count). The third-order valence-electron chi connectivity index (χ3n) is 3.36. The number of rotatable bonds is 3. The molecule has 0 saturated heterocycles. The summed E-state index contributed by atoms with van der Waals surface area (Å²) in [6, 6.07) is 6.54. The van der Waals surface area contributed by atoms with Gasteiger partial charge in [-0.25, -0.2) is 4.79 Å². The average molecular weight is 248 g/mol. The Morgan fingerprint density at radius 2 is 2.11 bits per heavy atom. The fourth-order valence-corrected chi connectivity index (χ4v) is 2.05. The number of benzene rings is 1. The number of carbonyl (C=O) groups is 2. The topological polar surface area (TPSA) is 69.6 Å². The number of hydrogen-bond acceptors (Lipinski definition) is 3. The molecule has 2 atom stereocenters. The second kappa shape index (κ2) is 4.68. The van der Waals surface area contributed by atoms with Gasteiger partial charge in [-0.1, -0.05) is 18.2 Å². The van der Waals surface area contributed by atoms with Crippen molar-refractivity contribution in [2.45, 2.75) is 25.4 Å². The van der Waals surface area contributed by atoms with Crippen molar-refractivity contribution in [2.75, 3.05) is 12.4 Å². The van der Waals surface area contributed by atoms with Gasteiger partial charge in [-0.2, -0.15) is 0 Å². The van der Waals surface area contributed by atoms with E-state index in [2.05, 4.69) is 5.32 Å². The minimum Gasteiger partial charge on any atom is -0.480 e. The van der Waals surface area contributed by atoms with Gasteiger partial charge in [0.25, 0.3) is 0 Å². The van der Waals surface area contributed by atoms with Crippen LogP contribution in [-0.4, -0.2) is 41.0 Å². The SMILES string of the molecule is CC(C(=O)O)N(C)C(=O)[C@@H]1Cc2ccccc2N1. The van der Waals surface area contributed by atoms with Gasteiger partial charge in [-0.05, 0) is 18.6 Å². The highest BCUT2D eigenvalue weighted by atomic mass is 16.4. The van der Waals surface area contributed by atoms with Crippen molar-refractivity contribution in [3.8, 4) is 0 Å². The zero-order valence-corrected chi connectivity index (χ0v) is 10.4. The molecule has 5 heteroatoms. The molecular formula is C13H16N2O3. The number of nitrogens with one attached hydrogen (secondary N) is 1. The van der Waals surface area contributed by atoms with Crippen LogP contribution in [0.5, 0.6) is 0 Å². The molecule has 5 nitrogen and oxygen atoms in total.